The first-order valence-electron chi connectivity index (χ1n) is 17.3. The lowest BCUT2D eigenvalue weighted by Crippen LogP contribution is -2.65. The first kappa shape index (κ1) is 33.6. The Morgan fingerprint density at radius 2 is 1.35 bits per heavy atom. The van der Waals surface area contributed by atoms with Crippen LogP contribution in [0.5, 0.6) is 0 Å². The summed E-state index contributed by atoms with van der Waals surface area (Å²) >= 11 is 0. The van der Waals surface area contributed by atoms with Crippen molar-refractivity contribution < 1.29 is 35.1 Å². The zero-order valence-corrected chi connectivity index (χ0v) is 28.2. The number of fused-ring (bicyclic) bond motifs is 7. The van der Waals surface area contributed by atoms with Crippen molar-refractivity contribution in [1.82, 2.24) is 0 Å². The van der Waals surface area contributed by atoms with Crippen LogP contribution < -0.4 is 5.11 Å². The highest BCUT2D eigenvalue weighted by Crippen LogP contribution is 2.76. The molecule has 1 saturated heterocycles. The lowest BCUT2D eigenvalue weighted by Gasteiger charge is -2.73. The predicted octanol–water partition coefficient (Wildman–Crippen LogP) is 5.52. The second-order valence-electron chi connectivity index (χ2n) is 18.4. The van der Waals surface area contributed by atoms with Gasteiger partial charge in [-0.15, -0.1) is 0 Å². The van der Waals surface area contributed by atoms with Gasteiger partial charge in [0.2, 0.25) is 0 Å². The largest absolute Gasteiger partial charge is 0.829 e. The molecule has 4 N–H and O–H groups in total. The van der Waals surface area contributed by atoms with Crippen LogP contribution >= 0.6 is 0 Å². The van der Waals surface area contributed by atoms with Gasteiger partial charge in [0, 0.05) is 6.29 Å². The van der Waals surface area contributed by atoms with E-state index < -0.39 is 36.7 Å². The first-order chi connectivity index (χ1) is 19.7. The number of carboxylic acids is 1. The van der Waals surface area contributed by atoms with Crippen molar-refractivity contribution in [3.05, 3.63) is 0 Å². The van der Waals surface area contributed by atoms with Crippen LogP contribution in [0, 0.1) is 56.2 Å². The lowest BCUT2D eigenvalue weighted by atomic mass is 9.31. The van der Waals surface area contributed by atoms with E-state index in [9.17, 15) is 9.90 Å². The van der Waals surface area contributed by atoms with Crippen molar-refractivity contribution in [3.8, 4) is 0 Å². The molecule has 5 saturated carbocycles. The first-order valence-corrected chi connectivity index (χ1v) is 17.3. The third-order valence-electron chi connectivity index (χ3n) is 15.2. The monoisotopic (exact) mass is 605 g/mol. The molecule has 6 fully saturated rings. The highest BCUT2D eigenvalue weighted by molar-refractivity contribution is 5.73. The van der Waals surface area contributed by atoms with E-state index in [0.29, 0.717) is 32.5 Å². The molecule has 0 amide bonds. The summed E-state index contributed by atoms with van der Waals surface area (Å²) in [7, 11) is 0. The zero-order chi connectivity index (χ0) is 32.0. The van der Waals surface area contributed by atoms with Crippen molar-refractivity contribution in [3.63, 3.8) is 0 Å². The van der Waals surface area contributed by atoms with Gasteiger partial charge in [-0.2, -0.15) is 0 Å². The molecule has 248 valence electrons. The molecule has 43 heavy (non-hydrogen) atoms. The van der Waals surface area contributed by atoms with Gasteiger partial charge in [0.1, 0.15) is 12.2 Å². The van der Waals surface area contributed by atoms with Gasteiger partial charge in [0.25, 0.3) is 0 Å². The maximum Gasteiger partial charge on any atom is 0.335 e. The van der Waals surface area contributed by atoms with Crippen LogP contribution in [-0.2, 0) is 9.53 Å². The van der Waals surface area contributed by atoms with Gasteiger partial charge < -0.3 is 30.3 Å². The normalized spacial score (nSPS) is 53.5. The molecule has 0 radical (unpaired) electrons. The number of hydrogen-bond donors (Lipinski definition) is 4. The summed E-state index contributed by atoms with van der Waals surface area (Å²) < 4.78 is 4.23. The molecule has 0 spiro atoms. The molecule has 7 heteroatoms. The van der Waals surface area contributed by atoms with E-state index in [2.05, 4.69) is 60.1 Å². The molecule has 0 bridgehead atoms. The van der Waals surface area contributed by atoms with E-state index in [1.165, 1.54) is 77.0 Å². The molecule has 13 atom stereocenters. The fourth-order valence-corrected chi connectivity index (χ4v) is 12.5. The maximum absolute atomic E-state index is 10.7. The Morgan fingerprint density at radius 1 is 0.698 bits per heavy atom. The van der Waals surface area contributed by atoms with Gasteiger partial charge in [0.05, 0.1) is 6.10 Å². The van der Waals surface area contributed by atoms with Crippen molar-refractivity contribution in [2.24, 2.45) is 56.2 Å². The van der Waals surface area contributed by atoms with Crippen LogP contribution in [-0.4, -0.2) is 57.1 Å². The SMILES string of the molecule is CC1(C)CC[C@]2(C)CC[C@]3(C)[C@H](CC[C@@H]4[C@@]5(C)CCCC(C)(C)[C@@H]5CC[C@]43C)[C@@H]2C1.O=C(O)[C@H]1O[C@@H]([O-])[C@H](O)[C@@H](O)[C@@H]1O. The van der Waals surface area contributed by atoms with E-state index >= 15 is 0 Å². The van der Waals surface area contributed by atoms with Gasteiger partial charge in [0.15, 0.2) is 6.10 Å². The summed E-state index contributed by atoms with van der Waals surface area (Å²) in [4.78, 5) is 10.3. The third-order valence-corrected chi connectivity index (χ3v) is 15.2. The Hall–Kier alpha value is -0.730. The van der Waals surface area contributed by atoms with Crippen LogP contribution in [0.15, 0.2) is 0 Å². The number of rotatable bonds is 1. The topological polar surface area (TPSA) is 130 Å². The Labute approximate surface area is 260 Å². The minimum absolute atomic E-state index is 0.560. The minimum Gasteiger partial charge on any atom is -0.829 e. The number of aliphatic hydroxyl groups excluding tert-OH is 3. The summed E-state index contributed by atoms with van der Waals surface area (Å²) in [6.07, 6.45) is 8.76. The molecule has 0 unspecified atom stereocenters. The Morgan fingerprint density at radius 3 is 2.00 bits per heavy atom. The van der Waals surface area contributed by atoms with Crippen molar-refractivity contribution in [1.29, 1.82) is 0 Å². The summed E-state index contributed by atoms with van der Waals surface area (Å²) in [6.45, 7) is 21.4. The van der Waals surface area contributed by atoms with Crippen molar-refractivity contribution >= 4 is 5.97 Å². The van der Waals surface area contributed by atoms with E-state index in [0.717, 1.165) is 23.7 Å². The number of carboxylic acid groups (broad SMARTS) is 1. The molecule has 5 aliphatic carbocycles. The highest BCUT2D eigenvalue weighted by Gasteiger charge is 2.68. The molecular formula is C36H61O7-. The second-order valence-corrected chi connectivity index (χ2v) is 18.4. The maximum atomic E-state index is 10.7. The van der Waals surface area contributed by atoms with E-state index in [1.54, 1.807) is 0 Å². The molecule has 0 aromatic rings. The van der Waals surface area contributed by atoms with Gasteiger partial charge in [-0.25, -0.2) is 4.79 Å². The van der Waals surface area contributed by atoms with Crippen LogP contribution in [0.4, 0.5) is 0 Å². The summed E-state index contributed by atoms with van der Waals surface area (Å²) in [5.74, 6) is 2.32. The van der Waals surface area contributed by atoms with Gasteiger partial charge in [-0.3, -0.25) is 0 Å². The van der Waals surface area contributed by atoms with Crippen LogP contribution in [0.25, 0.3) is 0 Å². The molecule has 7 nitrogen and oxygen atoms in total. The molecule has 6 rings (SSSR count). The minimum atomic E-state index is -2.06. The van der Waals surface area contributed by atoms with Gasteiger partial charge in [-0.05, 0) is 127 Å². The molecule has 0 aromatic heterocycles. The van der Waals surface area contributed by atoms with Gasteiger partial charge in [-0.1, -0.05) is 61.8 Å². The standard InChI is InChI=1S/C30H52.C6H9O7/c1-25(2)16-17-27(5)18-19-29(7)21(22(27)20-25)10-11-24-28(6)14-9-13-26(3,4)23(28)12-15-30(24,29)8;7-1-2(8)4(5(10)11)13-6(12)3(1)9/h21-24H,9-20H2,1-8H3;1-4,6-9H,(H,10,11)/q;-1/t21-,22+,23+,24-,27-,28+,29-,30-;1-,2-,3+,4-,6+/m10/s1. The Kier molecular flexibility index (Phi) is 8.54. The number of ether oxygens (including phenoxy) is 1. The molecule has 1 heterocycles. The van der Waals surface area contributed by atoms with Crippen LogP contribution in [0.1, 0.15) is 132 Å². The summed E-state index contributed by atoms with van der Waals surface area (Å²) in [5, 5.41) is 46.1. The average molecular weight is 606 g/mol. The fraction of sp³-hybridized carbons (Fsp3) is 0.972. The number of carbonyl (C=O) groups is 1. The van der Waals surface area contributed by atoms with E-state index in [4.69, 9.17) is 20.4 Å². The highest BCUT2D eigenvalue weighted by atomic mass is 16.6. The quantitative estimate of drug-likeness (QED) is 0.310. The average Bonchev–Trinajstić information content (AvgIpc) is 2.90. The van der Waals surface area contributed by atoms with Crippen molar-refractivity contribution in [2.45, 2.75) is 163 Å². The van der Waals surface area contributed by atoms with Crippen LogP contribution in [0.3, 0.4) is 0 Å². The number of aliphatic carboxylic acids is 1. The molecular weight excluding hydrogens is 544 g/mol. The van der Waals surface area contributed by atoms with Gasteiger partial charge >= 0.3 is 5.97 Å². The molecule has 1 aliphatic heterocycles. The van der Waals surface area contributed by atoms with E-state index in [-0.39, 0.29) is 0 Å². The Bertz CT molecular complexity index is 1060. The number of hydrogen-bond acceptors (Lipinski definition) is 6. The zero-order valence-electron chi connectivity index (χ0n) is 28.2. The fourth-order valence-electron chi connectivity index (χ4n) is 12.5. The third kappa shape index (κ3) is 5.23. The van der Waals surface area contributed by atoms with Crippen LogP contribution in [0.2, 0.25) is 0 Å². The summed E-state index contributed by atoms with van der Waals surface area (Å²) in [6, 6.07) is 0. The number of aliphatic hydroxyl groups is 3. The summed E-state index contributed by atoms with van der Waals surface area (Å²) in [5.41, 5.74) is 3.49. The van der Waals surface area contributed by atoms with E-state index in [1.807, 2.05) is 0 Å². The molecule has 6 aliphatic rings. The smallest absolute Gasteiger partial charge is 0.335 e. The predicted molar refractivity (Wildman–Crippen MR) is 164 cm³/mol. The Balaban J connectivity index is 0.000000239. The van der Waals surface area contributed by atoms with Crippen molar-refractivity contribution in [2.75, 3.05) is 0 Å². The second kappa shape index (κ2) is 10.9. The molecule has 0 aromatic carbocycles. The lowest BCUT2D eigenvalue weighted by molar-refractivity contribution is -0.529.